The van der Waals surface area contributed by atoms with Gasteiger partial charge < -0.3 is 0 Å². The maximum Gasteiger partial charge on any atom is 0.0733 e. The number of aromatic nitrogens is 3. The summed E-state index contributed by atoms with van der Waals surface area (Å²) in [6.07, 6.45) is 4.38. The summed E-state index contributed by atoms with van der Waals surface area (Å²) in [5.74, 6) is 0. The van der Waals surface area contributed by atoms with E-state index in [-0.39, 0.29) is 0 Å². The summed E-state index contributed by atoms with van der Waals surface area (Å²) >= 11 is 0. The van der Waals surface area contributed by atoms with Crippen molar-refractivity contribution >= 4 is 0 Å². The fourth-order valence-corrected chi connectivity index (χ4v) is 1.33. The van der Waals surface area contributed by atoms with Crippen molar-refractivity contribution in [3.05, 3.63) is 54.9 Å². The number of hydrogen-bond donors (Lipinski definition) is 0. The second-order valence-electron chi connectivity index (χ2n) is 2.97. The predicted octanol–water partition coefficient (Wildman–Crippen LogP) is 2.00. The van der Waals surface area contributed by atoms with Gasteiger partial charge in [-0.3, -0.25) is 0 Å². The number of benzene rings is 1. The SMILES string of the molecule is C=CCc1cnnn1-c1ccccc1. The van der Waals surface area contributed by atoms with Crippen LogP contribution in [0.1, 0.15) is 5.69 Å². The number of allylic oxidation sites excluding steroid dienone is 1. The van der Waals surface area contributed by atoms with Gasteiger partial charge in [-0.25, -0.2) is 4.68 Å². The predicted molar refractivity (Wildman–Crippen MR) is 55.3 cm³/mol. The molecule has 0 aliphatic carbocycles. The van der Waals surface area contributed by atoms with Crippen LogP contribution in [0, 0.1) is 0 Å². The molecule has 0 aliphatic heterocycles. The lowest BCUT2D eigenvalue weighted by atomic mass is 10.3. The lowest BCUT2D eigenvalue weighted by Crippen LogP contribution is -2.00. The van der Waals surface area contributed by atoms with Crippen molar-refractivity contribution in [3.63, 3.8) is 0 Å². The fraction of sp³-hybridized carbons (Fsp3) is 0.0909. The topological polar surface area (TPSA) is 30.7 Å². The van der Waals surface area contributed by atoms with Gasteiger partial charge in [-0.05, 0) is 12.1 Å². The first-order valence-electron chi connectivity index (χ1n) is 4.47. The van der Waals surface area contributed by atoms with Crippen LogP contribution in [0.5, 0.6) is 0 Å². The van der Waals surface area contributed by atoms with Crippen LogP contribution in [0.4, 0.5) is 0 Å². The van der Waals surface area contributed by atoms with E-state index in [1.54, 1.807) is 6.20 Å². The van der Waals surface area contributed by atoms with Crippen LogP contribution >= 0.6 is 0 Å². The van der Waals surface area contributed by atoms with E-state index in [1.165, 1.54) is 0 Å². The second kappa shape index (κ2) is 3.87. The molecule has 0 aliphatic rings. The van der Waals surface area contributed by atoms with Crippen molar-refractivity contribution in [1.29, 1.82) is 0 Å². The first-order valence-corrected chi connectivity index (χ1v) is 4.47. The van der Waals surface area contributed by atoms with Crippen molar-refractivity contribution in [1.82, 2.24) is 15.0 Å². The second-order valence-corrected chi connectivity index (χ2v) is 2.97. The highest BCUT2D eigenvalue weighted by Gasteiger charge is 2.02. The highest BCUT2D eigenvalue weighted by atomic mass is 15.4. The zero-order valence-corrected chi connectivity index (χ0v) is 7.80. The average molecular weight is 185 g/mol. The van der Waals surface area contributed by atoms with Crippen molar-refractivity contribution in [2.75, 3.05) is 0 Å². The lowest BCUT2D eigenvalue weighted by Gasteiger charge is -2.02. The van der Waals surface area contributed by atoms with E-state index >= 15 is 0 Å². The number of nitrogens with zero attached hydrogens (tertiary/aromatic N) is 3. The van der Waals surface area contributed by atoms with Gasteiger partial charge in [0, 0.05) is 6.42 Å². The Bertz CT molecular complexity index is 417. The van der Waals surface area contributed by atoms with Gasteiger partial charge in [-0.15, -0.1) is 11.7 Å². The lowest BCUT2D eigenvalue weighted by molar-refractivity contribution is 0.775. The summed E-state index contributed by atoms with van der Waals surface area (Å²) in [6.45, 7) is 3.70. The Balaban J connectivity index is 2.41. The van der Waals surface area contributed by atoms with Crippen LogP contribution in [0.2, 0.25) is 0 Å². The Morgan fingerprint density at radius 1 is 1.29 bits per heavy atom. The van der Waals surface area contributed by atoms with E-state index in [2.05, 4.69) is 16.9 Å². The van der Waals surface area contributed by atoms with Gasteiger partial charge in [-0.2, -0.15) is 0 Å². The zero-order chi connectivity index (χ0) is 9.80. The molecule has 0 amide bonds. The standard InChI is InChI=1S/C11H11N3/c1-2-6-11-9-12-13-14(11)10-7-4-3-5-8-10/h2-5,7-9H,1,6H2. The molecule has 0 unspecified atom stereocenters. The Hall–Kier alpha value is -1.90. The molecule has 70 valence electrons. The van der Waals surface area contributed by atoms with Crippen LogP contribution in [-0.2, 0) is 6.42 Å². The molecule has 1 heterocycles. The summed E-state index contributed by atoms with van der Waals surface area (Å²) in [7, 11) is 0. The van der Waals surface area contributed by atoms with Crippen molar-refractivity contribution in [2.45, 2.75) is 6.42 Å². The Morgan fingerprint density at radius 2 is 2.07 bits per heavy atom. The van der Waals surface area contributed by atoms with E-state index < -0.39 is 0 Å². The monoisotopic (exact) mass is 185 g/mol. The number of hydrogen-bond acceptors (Lipinski definition) is 2. The zero-order valence-electron chi connectivity index (χ0n) is 7.80. The van der Waals surface area contributed by atoms with Gasteiger partial charge in [-0.1, -0.05) is 29.5 Å². The molecule has 0 saturated heterocycles. The number of rotatable bonds is 3. The molecule has 0 fully saturated rings. The van der Waals surface area contributed by atoms with Gasteiger partial charge in [0.25, 0.3) is 0 Å². The molecule has 0 saturated carbocycles. The molecular weight excluding hydrogens is 174 g/mol. The molecular formula is C11H11N3. The molecule has 1 aromatic heterocycles. The molecule has 2 aromatic rings. The minimum absolute atomic E-state index is 0.780. The number of para-hydroxylation sites is 1. The molecule has 2 rings (SSSR count). The molecule has 0 spiro atoms. The maximum atomic E-state index is 4.02. The summed E-state index contributed by atoms with van der Waals surface area (Å²) in [5.41, 5.74) is 2.08. The van der Waals surface area contributed by atoms with Gasteiger partial charge in [0.1, 0.15) is 0 Å². The summed E-state index contributed by atoms with van der Waals surface area (Å²) in [4.78, 5) is 0. The van der Waals surface area contributed by atoms with E-state index in [4.69, 9.17) is 0 Å². The molecule has 3 heteroatoms. The first kappa shape index (κ1) is 8.69. The van der Waals surface area contributed by atoms with Crippen molar-refractivity contribution < 1.29 is 0 Å². The van der Waals surface area contributed by atoms with Crippen LogP contribution in [0.25, 0.3) is 5.69 Å². The van der Waals surface area contributed by atoms with Crippen molar-refractivity contribution in [3.8, 4) is 5.69 Å². The minimum Gasteiger partial charge on any atom is -0.217 e. The quantitative estimate of drug-likeness (QED) is 0.685. The molecule has 0 N–H and O–H groups in total. The van der Waals surface area contributed by atoms with Crippen LogP contribution in [-0.4, -0.2) is 15.0 Å². The highest BCUT2D eigenvalue weighted by Crippen LogP contribution is 2.08. The Morgan fingerprint density at radius 3 is 2.79 bits per heavy atom. The van der Waals surface area contributed by atoms with Gasteiger partial charge in [0.05, 0.1) is 17.6 Å². The third-order valence-corrected chi connectivity index (χ3v) is 1.97. The Labute approximate surface area is 82.7 Å². The molecule has 0 bridgehead atoms. The van der Waals surface area contributed by atoms with E-state index in [1.807, 2.05) is 41.1 Å². The molecule has 14 heavy (non-hydrogen) atoms. The van der Waals surface area contributed by atoms with E-state index in [9.17, 15) is 0 Å². The van der Waals surface area contributed by atoms with Crippen LogP contribution in [0.15, 0.2) is 49.2 Å². The summed E-state index contributed by atoms with van der Waals surface area (Å²) in [6, 6.07) is 9.94. The van der Waals surface area contributed by atoms with Crippen LogP contribution < -0.4 is 0 Å². The molecule has 3 nitrogen and oxygen atoms in total. The Kier molecular flexibility index (Phi) is 2.40. The normalized spacial score (nSPS) is 10.0. The third-order valence-electron chi connectivity index (χ3n) is 1.97. The third kappa shape index (κ3) is 1.57. The van der Waals surface area contributed by atoms with E-state index in [0.717, 1.165) is 17.8 Å². The van der Waals surface area contributed by atoms with Gasteiger partial charge in [0.2, 0.25) is 0 Å². The first-order chi connectivity index (χ1) is 6.92. The fourth-order valence-electron chi connectivity index (χ4n) is 1.33. The highest BCUT2D eigenvalue weighted by molar-refractivity contribution is 5.31. The summed E-state index contributed by atoms with van der Waals surface area (Å²) < 4.78 is 1.82. The van der Waals surface area contributed by atoms with Crippen molar-refractivity contribution in [2.24, 2.45) is 0 Å². The smallest absolute Gasteiger partial charge is 0.0733 e. The average Bonchev–Trinajstić information content (AvgIpc) is 2.68. The summed E-state index contributed by atoms with van der Waals surface area (Å²) in [5, 5.41) is 7.91. The van der Waals surface area contributed by atoms with Gasteiger partial charge in [0.15, 0.2) is 0 Å². The maximum absolute atomic E-state index is 4.02. The molecule has 0 atom stereocenters. The molecule has 0 radical (unpaired) electrons. The minimum atomic E-state index is 0.780. The van der Waals surface area contributed by atoms with E-state index in [0.29, 0.717) is 0 Å². The molecule has 1 aromatic carbocycles. The largest absolute Gasteiger partial charge is 0.217 e. The van der Waals surface area contributed by atoms with Gasteiger partial charge >= 0.3 is 0 Å². The van der Waals surface area contributed by atoms with Crippen LogP contribution in [0.3, 0.4) is 0 Å².